The van der Waals surface area contributed by atoms with Crippen molar-refractivity contribution in [3.05, 3.63) is 47.3 Å². The molecule has 0 aliphatic heterocycles. The van der Waals surface area contributed by atoms with E-state index in [0.29, 0.717) is 24.5 Å². The van der Waals surface area contributed by atoms with Crippen molar-refractivity contribution in [1.82, 2.24) is 4.57 Å². The fraction of sp³-hybridized carbons (Fsp3) is 0.353. The van der Waals surface area contributed by atoms with E-state index in [4.69, 9.17) is 10.5 Å². The van der Waals surface area contributed by atoms with E-state index in [0.717, 1.165) is 29.8 Å². The van der Waals surface area contributed by atoms with Crippen LogP contribution in [0, 0.1) is 18.3 Å². The van der Waals surface area contributed by atoms with Crippen LogP contribution in [0.15, 0.2) is 30.3 Å². The molecular weight excluding hydrogens is 262 g/mol. The van der Waals surface area contributed by atoms with Crippen LogP contribution in [0.4, 0.5) is 5.69 Å². The fourth-order valence-corrected chi connectivity index (χ4v) is 2.44. The third kappa shape index (κ3) is 3.38. The maximum atomic E-state index is 9.22. The highest BCUT2D eigenvalue weighted by Gasteiger charge is 2.12. The van der Waals surface area contributed by atoms with Gasteiger partial charge in [-0.25, -0.2) is 0 Å². The second-order valence-corrected chi connectivity index (χ2v) is 5.06. The van der Waals surface area contributed by atoms with Crippen LogP contribution in [-0.4, -0.2) is 11.2 Å². The number of aryl methyl sites for hydroxylation is 1. The molecule has 1 aromatic carbocycles. The van der Waals surface area contributed by atoms with Crippen LogP contribution in [0.5, 0.6) is 5.75 Å². The van der Waals surface area contributed by atoms with Gasteiger partial charge in [-0.15, -0.1) is 0 Å². The van der Waals surface area contributed by atoms with Crippen molar-refractivity contribution < 1.29 is 4.74 Å². The second kappa shape index (κ2) is 6.85. The van der Waals surface area contributed by atoms with Crippen LogP contribution in [0.25, 0.3) is 0 Å². The quantitative estimate of drug-likeness (QED) is 0.884. The van der Waals surface area contributed by atoms with Gasteiger partial charge in [0.05, 0.1) is 12.2 Å². The van der Waals surface area contributed by atoms with E-state index in [9.17, 15) is 5.26 Å². The van der Waals surface area contributed by atoms with Crippen LogP contribution >= 0.6 is 0 Å². The molecule has 0 aliphatic carbocycles. The summed E-state index contributed by atoms with van der Waals surface area (Å²) in [5.41, 5.74) is 9.44. The molecule has 0 aliphatic rings. The van der Waals surface area contributed by atoms with Gasteiger partial charge in [0, 0.05) is 5.69 Å². The number of rotatable bonds is 6. The Balaban J connectivity index is 2.09. The highest BCUT2D eigenvalue weighted by Crippen LogP contribution is 2.21. The summed E-state index contributed by atoms with van der Waals surface area (Å²) < 4.78 is 7.78. The molecule has 0 saturated heterocycles. The monoisotopic (exact) mass is 283 g/mol. The third-order valence-electron chi connectivity index (χ3n) is 3.51. The Hall–Kier alpha value is -2.41. The van der Waals surface area contributed by atoms with Crippen molar-refractivity contribution in [2.24, 2.45) is 0 Å². The van der Waals surface area contributed by atoms with Crippen molar-refractivity contribution in [3.8, 4) is 11.8 Å². The summed E-state index contributed by atoms with van der Waals surface area (Å²) in [6, 6.07) is 11.9. The molecule has 0 amide bonds. The van der Waals surface area contributed by atoms with E-state index in [1.165, 1.54) is 0 Å². The largest absolute Gasteiger partial charge is 0.491 e. The topological polar surface area (TPSA) is 64.0 Å². The van der Waals surface area contributed by atoms with Gasteiger partial charge in [-0.05, 0) is 31.0 Å². The highest BCUT2D eigenvalue weighted by atomic mass is 16.5. The lowest BCUT2D eigenvalue weighted by molar-refractivity contribution is 0.294. The number of nitrogens with zero attached hydrogens (tertiary/aromatic N) is 2. The summed E-state index contributed by atoms with van der Waals surface area (Å²) in [6.45, 7) is 5.27. The minimum absolute atomic E-state index is 0.518. The molecule has 4 heteroatoms. The first-order chi connectivity index (χ1) is 10.2. The minimum atomic E-state index is 0.518. The van der Waals surface area contributed by atoms with E-state index in [1.807, 2.05) is 35.8 Å². The maximum Gasteiger partial charge on any atom is 0.122 e. The number of nitrogens with two attached hydrogens (primary N) is 1. The molecule has 0 unspecified atom stereocenters. The van der Waals surface area contributed by atoms with Gasteiger partial charge < -0.3 is 15.0 Å². The predicted octanol–water partition coefficient (Wildman–Crippen LogP) is 3.28. The maximum absolute atomic E-state index is 9.22. The van der Waals surface area contributed by atoms with Crippen molar-refractivity contribution >= 4 is 5.69 Å². The Morgan fingerprint density at radius 1 is 1.33 bits per heavy atom. The first-order valence-corrected chi connectivity index (χ1v) is 7.23. The molecule has 2 rings (SSSR count). The number of para-hydroxylation sites is 1. The van der Waals surface area contributed by atoms with Gasteiger partial charge in [-0.2, -0.15) is 5.26 Å². The number of ether oxygens (including phenoxy) is 1. The number of hydrogen-bond donors (Lipinski definition) is 1. The lowest BCUT2D eigenvalue weighted by Gasteiger charge is -2.13. The molecule has 4 nitrogen and oxygen atoms in total. The number of nitrogen functional groups attached to an aromatic ring is 1. The molecule has 21 heavy (non-hydrogen) atoms. The Bertz CT molecular complexity index is 653. The minimum Gasteiger partial charge on any atom is -0.491 e. The van der Waals surface area contributed by atoms with Crippen molar-refractivity contribution in [3.63, 3.8) is 0 Å². The van der Waals surface area contributed by atoms with E-state index in [1.54, 1.807) is 6.07 Å². The molecule has 0 fully saturated rings. The molecule has 1 aromatic heterocycles. The first kappa shape index (κ1) is 15.0. The van der Waals surface area contributed by atoms with Crippen LogP contribution < -0.4 is 10.5 Å². The van der Waals surface area contributed by atoms with Gasteiger partial charge in [0.15, 0.2) is 0 Å². The third-order valence-corrected chi connectivity index (χ3v) is 3.51. The van der Waals surface area contributed by atoms with E-state index >= 15 is 0 Å². The Morgan fingerprint density at radius 3 is 2.76 bits per heavy atom. The summed E-state index contributed by atoms with van der Waals surface area (Å²) in [5, 5.41) is 9.22. The van der Waals surface area contributed by atoms with Crippen molar-refractivity contribution in [1.29, 1.82) is 5.26 Å². The summed E-state index contributed by atoms with van der Waals surface area (Å²) in [4.78, 5) is 0. The molecule has 2 aromatic rings. The average Bonchev–Trinajstić information content (AvgIpc) is 2.78. The lowest BCUT2D eigenvalue weighted by atomic mass is 10.2. The molecule has 0 radical (unpaired) electrons. The average molecular weight is 283 g/mol. The van der Waals surface area contributed by atoms with E-state index in [2.05, 4.69) is 13.0 Å². The zero-order chi connectivity index (χ0) is 15.2. The Labute approximate surface area is 125 Å². The van der Waals surface area contributed by atoms with Gasteiger partial charge in [0.2, 0.25) is 0 Å². The Kier molecular flexibility index (Phi) is 4.89. The van der Waals surface area contributed by atoms with Gasteiger partial charge in [-0.3, -0.25) is 0 Å². The van der Waals surface area contributed by atoms with Gasteiger partial charge >= 0.3 is 0 Å². The van der Waals surface area contributed by atoms with Crippen molar-refractivity contribution in [2.75, 3.05) is 12.3 Å². The number of benzene rings is 1. The molecule has 0 spiro atoms. The molecule has 0 saturated carbocycles. The number of hydrogen-bond acceptors (Lipinski definition) is 3. The Morgan fingerprint density at radius 2 is 2.10 bits per heavy atom. The van der Waals surface area contributed by atoms with Gasteiger partial charge in [-0.1, -0.05) is 31.5 Å². The first-order valence-electron chi connectivity index (χ1n) is 7.23. The van der Waals surface area contributed by atoms with Gasteiger partial charge in [0.25, 0.3) is 0 Å². The van der Waals surface area contributed by atoms with E-state index in [-0.39, 0.29) is 0 Å². The molecule has 0 bridgehead atoms. The lowest BCUT2D eigenvalue weighted by Crippen LogP contribution is -2.13. The van der Waals surface area contributed by atoms with Crippen LogP contribution in [0.1, 0.15) is 30.3 Å². The summed E-state index contributed by atoms with van der Waals surface area (Å²) in [5.74, 6) is 0.883. The zero-order valence-electron chi connectivity index (χ0n) is 12.6. The fourth-order valence-electron chi connectivity index (χ4n) is 2.44. The predicted molar refractivity (Wildman–Crippen MR) is 84.2 cm³/mol. The smallest absolute Gasteiger partial charge is 0.122 e. The number of aromatic nitrogens is 1. The summed E-state index contributed by atoms with van der Waals surface area (Å²) in [7, 11) is 0. The standard InChI is InChI=1S/C17H21N3O/c1-3-6-16-15(19)11-14(12-18)20(16)9-10-21-17-8-5-4-7-13(17)2/h4-5,7-8,11H,3,6,9-10,19H2,1-2H3. The molecular formula is C17H21N3O. The van der Waals surface area contributed by atoms with Gasteiger partial charge in [0.1, 0.15) is 24.1 Å². The molecule has 0 atom stereocenters. The number of anilines is 1. The second-order valence-electron chi connectivity index (χ2n) is 5.06. The van der Waals surface area contributed by atoms with Crippen molar-refractivity contribution in [2.45, 2.75) is 33.2 Å². The highest BCUT2D eigenvalue weighted by molar-refractivity contribution is 5.50. The molecule has 2 N–H and O–H groups in total. The molecule has 110 valence electrons. The number of nitriles is 1. The SMILES string of the molecule is CCCc1c(N)cc(C#N)n1CCOc1ccccc1C. The van der Waals surface area contributed by atoms with Crippen LogP contribution in [0.2, 0.25) is 0 Å². The summed E-state index contributed by atoms with van der Waals surface area (Å²) >= 11 is 0. The van der Waals surface area contributed by atoms with E-state index < -0.39 is 0 Å². The zero-order valence-corrected chi connectivity index (χ0v) is 12.6. The molecule has 1 heterocycles. The van der Waals surface area contributed by atoms with Crippen LogP contribution in [0.3, 0.4) is 0 Å². The normalized spacial score (nSPS) is 10.3. The summed E-state index contributed by atoms with van der Waals surface area (Å²) in [6.07, 6.45) is 1.87. The van der Waals surface area contributed by atoms with Crippen LogP contribution in [-0.2, 0) is 13.0 Å².